The van der Waals surface area contributed by atoms with E-state index in [1.54, 1.807) is 0 Å². The summed E-state index contributed by atoms with van der Waals surface area (Å²) in [6.45, 7) is 2.61. The average Bonchev–Trinajstić information content (AvgIpc) is 2.27. The van der Waals surface area contributed by atoms with Crippen molar-refractivity contribution in [2.75, 3.05) is 33.7 Å². The number of halogens is 3. The Kier molecular flexibility index (Phi) is 5.62. The quantitative estimate of drug-likeness (QED) is 0.790. The van der Waals surface area contributed by atoms with E-state index in [4.69, 9.17) is 0 Å². The molecule has 102 valence electrons. The fourth-order valence-electron chi connectivity index (χ4n) is 1.52. The monoisotopic (exact) mass is 260 g/mol. The molecule has 0 amide bonds. The van der Waals surface area contributed by atoms with Gasteiger partial charge in [0.25, 0.3) is 0 Å². The average molecular weight is 260 g/mol. The summed E-state index contributed by atoms with van der Waals surface area (Å²) < 4.78 is 37.0. The van der Waals surface area contributed by atoms with Gasteiger partial charge in [0, 0.05) is 13.1 Å². The summed E-state index contributed by atoms with van der Waals surface area (Å²) in [7, 11) is 4.00. The van der Waals surface area contributed by atoms with Gasteiger partial charge in [0.05, 0.1) is 5.56 Å². The first-order valence-corrected chi connectivity index (χ1v) is 5.91. The summed E-state index contributed by atoms with van der Waals surface area (Å²) >= 11 is 0. The topological polar surface area (TPSA) is 15.3 Å². The third-order valence-electron chi connectivity index (χ3n) is 2.61. The Hall–Kier alpha value is -1.07. The van der Waals surface area contributed by atoms with Crippen LogP contribution in [0.1, 0.15) is 11.1 Å². The van der Waals surface area contributed by atoms with E-state index in [1.165, 1.54) is 12.1 Å². The van der Waals surface area contributed by atoms with E-state index in [1.807, 2.05) is 14.1 Å². The molecule has 1 rings (SSSR count). The van der Waals surface area contributed by atoms with Crippen molar-refractivity contribution in [2.45, 2.75) is 12.6 Å². The second kappa shape index (κ2) is 6.75. The van der Waals surface area contributed by atoms with Crippen molar-refractivity contribution in [3.05, 3.63) is 35.4 Å². The number of likely N-dealkylation sites (N-methyl/N-ethyl adjacent to an activating group) is 1. The molecule has 5 heteroatoms. The van der Waals surface area contributed by atoms with Crippen molar-refractivity contribution in [2.24, 2.45) is 0 Å². The molecule has 1 N–H and O–H groups in total. The number of nitrogens with zero attached hydrogens (tertiary/aromatic N) is 1. The van der Waals surface area contributed by atoms with Gasteiger partial charge in [-0.05, 0) is 44.8 Å². The van der Waals surface area contributed by atoms with Gasteiger partial charge in [0.2, 0.25) is 0 Å². The van der Waals surface area contributed by atoms with E-state index in [2.05, 4.69) is 10.2 Å². The van der Waals surface area contributed by atoms with Crippen LogP contribution in [0.15, 0.2) is 24.3 Å². The highest BCUT2D eigenvalue weighted by atomic mass is 19.4. The second-order valence-electron chi connectivity index (χ2n) is 4.50. The van der Waals surface area contributed by atoms with E-state index in [9.17, 15) is 13.2 Å². The maximum atomic E-state index is 12.3. The molecule has 2 nitrogen and oxygen atoms in total. The molecule has 0 spiro atoms. The zero-order chi connectivity index (χ0) is 13.6. The molecule has 0 aliphatic rings. The molecule has 0 fully saturated rings. The number of rotatable bonds is 6. The van der Waals surface area contributed by atoms with Gasteiger partial charge in [0.1, 0.15) is 0 Å². The predicted molar refractivity (Wildman–Crippen MR) is 66.6 cm³/mol. The lowest BCUT2D eigenvalue weighted by molar-refractivity contribution is -0.137. The molecule has 1 aromatic rings. The Morgan fingerprint density at radius 2 is 1.67 bits per heavy atom. The van der Waals surface area contributed by atoms with Crippen LogP contribution < -0.4 is 5.32 Å². The zero-order valence-electron chi connectivity index (χ0n) is 10.7. The molecule has 0 saturated carbocycles. The van der Waals surface area contributed by atoms with Crippen molar-refractivity contribution in [1.29, 1.82) is 0 Å². The number of alkyl halides is 3. The maximum absolute atomic E-state index is 12.3. The first kappa shape index (κ1) is 15.0. The third-order valence-corrected chi connectivity index (χ3v) is 2.61. The SMILES string of the molecule is CN(C)CCNCCc1ccc(C(F)(F)F)cc1. The number of hydrogen-bond donors (Lipinski definition) is 1. The molecule has 18 heavy (non-hydrogen) atoms. The van der Waals surface area contributed by atoms with Gasteiger partial charge in [-0.2, -0.15) is 13.2 Å². The van der Waals surface area contributed by atoms with Crippen LogP contribution in [0.25, 0.3) is 0 Å². The van der Waals surface area contributed by atoms with Crippen molar-refractivity contribution in [1.82, 2.24) is 10.2 Å². The fourth-order valence-corrected chi connectivity index (χ4v) is 1.52. The summed E-state index contributed by atoms with van der Waals surface area (Å²) in [5, 5.41) is 3.25. The Bertz CT molecular complexity index is 344. The Balaban J connectivity index is 2.31. The van der Waals surface area contributed by atoms with E-state index in [-0.39, 0.29) is 0 Å². The van der Waals surface area contributed by atoms with Crippen LogP contribution in [0.4, 0.5) is 13.2 Å². The first-order chi connectivity index (χ1) is 8.39. The predicted octanol–water partition coefficient (Wildman–Crippen LogP) is 2.40. The van der Waals surface area contributed by atoms with Crippen LogP contribution in [-0.4, -0.2) is 38.6 Å². The van der Waals surface area contributed by atoms with Gasteiger partial charge in [0.15, 0.2) is 0 Å². The highest BCUT2D eigenvalue weighted by molar-refractivity contribution is 5.24. The molecule has 0 unspecified atom stereocenters. The minimum atomic E-state index is -4.25. The molecule has 1 aromatic carbocycles. The number of benzene rings is 1. The van der Waals surface area contributed by atoms with Gasteiger partial charge >= 0.3 is 6.18 Å². The van der Waals surface area contributed by atoms with Crippen LogP contribution in [0.3, 0.4) is 0 Å². The second-order valence-corrected chi connectivity index (χ2v) is 4.50. The molecule has 0 radical (unpaired) electrons. The molecule has 0 aromatic heterocycles. The van der Waals surface area contributed by atoms with Gasteiger partial charge in [-0.15, -0.1) is 0 Å². The minimum absolute atomic E-state index is 0.591. The van der Waals surface area contributed by atoms with Crippen molar-refractivity contribution in [3.63, 3.8) is 0 Å². The Labute approximate surface area is 106 Å². The number of nitrogens with one attached hydrogen (secondary N) is 1. The zero-order valence-corrected chi connectivity index (χ0v) is 10.7. The lowest BCUT2D eigenvalue weighted by Crippen LogP contribution is -2.27. The van der Waals surface area contributed by atoms with Gasteiger partial charge in [-0.3, -0.25) is 0 Å². The van der Waals surface area contributed by atoms with E-state index < -0.39 is 11.7 Å². The smallest absolute Gasteiger partial charge is 0.315 e. The summed E-state index contributed by atoms with van der Waals surface area (Å²) in [5.41, 5.74) is 0.326. The lowest BCUT2D eigenvalue weighted by Gasteiger charge is -2.10. The van der Waals surface area contributed by atoms with Crippen LogP contribution in [-0.2, 0) is 12.6 Å². The molecule has 0 atom stereocenters. The fraction of sp³-hybridized carbons (Fsp3) is 0.538. The summed E-state index contributed by atoms with van der Waals surface area (Å²) in [5.74, 6) is 0. The molecular weight excluding hydrogens is 241 g/mol. The molecule has 0 heterocycles. The van der Waals surface area contributed by atoms with Crippen molar-refractivity contribution >= 4 is 0 Å². The van der Waals surface area contributed by atoms with E-state index in [0.29, 0.717) is 0 Å². The Morgan fingerprint density at radius 1 is 1.06 bits per heavy atom. The lowest BCUT2D eigenvalue weighted by atomic mass is 10.1. The highest BCUT2D eigenvalue weighted by Crippen LogP contribution is 2.29. The summed E-state index contributed by atoms with van der Waals surface area (Å²) in [6.07, 6.45) is -3.51. The van der Waals surface area contributed by atoms with Gasteiger partial charge in [-0.1, -0.05) is 12.1 Å². The van der Waals surface area contributed by atoms with E-state index >= 15 is 0 Å². The molecular formula is C13H19F3N2. The van der Waals surface area contributed by atoms with Gasteiger partial charge in [-0.25, -0.2) is 0 Å². The highest BCUT2D eigenvalue weighted by Gasteiger charge is 2.29. The van der Waals surface area contributed by atoms with Crippen LogP contribution >= 0.6 is 0 Å². The van der Waals surface area contributed by atoms with E-state index in [0.717, 1.165) is 43.8 Å². The normalized spacial score (nSPS) is 12.1. The van der Waals surface area contributed by atoms with Crippen molar-refractivity contribution in [3.8, 4) is 0 Å². The summed E-state index contributed by atoms with van der Waals surface area (Å²) in [4.78, 5) is 2.07. The molecule has 0 aliphatic carbocycles. The standard InChI is InChI=1S/C13H19F3N2/c1-18(2)10-9-17-8-7-11-3-5-12(6-4-11)13(14,15)16/h3-6,17H,7-10H2,1-2H3. The third kappa shape index (κ3) is 5.51. The maximum Gasteiger partial charge on any atom is 0.416 e. The molecule has 0 saturated heterocycles. The largest absolute Gasteiger partial charge is 0.416 e. The molecule has 0 aliphatic heterocycles. The van der Waals surface area contributed by atoms with Crippen LogP contribution in [0, 0.1) is 0 Å². The summed E-state index contributed by atoms with van der Waals surface area (Å²) in [6, 6.07) is 5.34. The van der Waals surface area contributed by atoms with Crippen LogP contribution in [0.2, 0.25) is 0 Å². The van der Waals surface area contributed by atoms with Crippen LogP contribution in [0.5, 0.6) is 0 Å². The Morgan fingerprint density at radius 3 is 2.17 bits per heavy atom. The van der Waals surface area contributed by atoms with Gasteiger partial charge < -0.3 is 10.2 Å². The number of hydrogen-bond acceptors (Lipinski definition) is 2. The first-order valence-electron chi connectivity index (χ1n) is 5.91. The molecule has 0 bridgehead atoms. The minimum Gasteiger partial charge on any atom is -0.315 e. The van der Waals surface area contributed by atoms with Crippen molar-refractivity contribution < 1.29 is 13.2 Å².